The summed E-state index contributed by atoms with van der Waals surface area (Å²) in [6.45, 7) is 2.22. The van der Waals surface area contributed by atoms with Crippen LogP contribution in [0.3, 0.4) is 0 Å². The van der Waals surface area contributed by atoms with E-state index in [0.29, 0.717) is 11.3 Å². The molecule has 0 N–H and O–H groups in total. The second-order valence-electron chi connectivity index (χ2n) is 4.30. The van der Waals surface area contributed by atoms with Crippen molar-refractivity contribution < 1.29 is 17.9 Å². The molecule has 2 aromatic rings. The summed E-state index contributed by atoms with van der Waals surface area (Å²) in [4.78, 5) is 0. The molecule has 0 amide bonds. The summed E-state index contributed by atoms with van der Waals surface area (Å²) < 4.78 is 42.6. The third-order valence-electron chi connectivity index (χ3n) is 2.71. The van der Waals surface area contributed by atoms with Crippen LogP contribution in [0.15, 0.2) is 48.5 Å². The van der Waals surface area contributed by atoms with Crippen molar-refractivity contribution in [3.8, 4) is 5.75 Å². The van der Waals surface area contributed by atoms with Crippen LogP contribution >= 0.6 is 0 Å². The Morgan fingerprint density at radius 2 is 1.47 bits per heavy atom. The Labute approximate surface area is 109 Å². The van der Waals surface area contributed by atoms with Gasteiger partial charge in [-0.2, -0.15) is 13.2 Å². The topological polar surface area (TPSA) is 9.23 Å². The van der Waals surface area contributed by atoms with Gasteiger partial charge in [0.15, 0.2) is 0 Å². The van der Waals surface area contributed by atoms with Crippen molar-refractivity contribution in [1.29, 1.82) is 0 Å². The minimum Gasteiger partial charge on any atom is -0.489 e. The first kappa shape index (κ1) is 13.5. The molecule has 2 aromatic carbocycles. The Kier molecular flexibility index (Phi) is 3.79. The Bertz CT molecular complexity index is 527. The number of benzene rings is 2. The fourth-order valence-electron chi connectivity index (χ4n) is 1.59. The predicted octanol–water partition coefficient (Wildman–Crippen LogP) is 4.59. The van der Waals surface area contributed by atoms with Crippen LogP contribution in [0.25, 0.3) is 0 Å². The lowest BCUT2D eigenvalue weighted by Gasteiger charge is -2.09. The molecule has 0 spiro atoms. The molecule has 0 saturated heterocycles. The molecule has 0 aliphatic rings. The summed E-state index contributed by atoms with van der Waals surface area (Å²) in [6.07, 6.45) is -4.30. The van der Waals surface area contributed by atoms with E-state index in [9.17, 15) is 13.2 Å². The molecule has 0 unspecified atom stereocenters. The van der Waals surface area contributed by atoms with Gasteiger partial charge in [-0.15, -0.1) is 0 Å². The normalized spacial score (nSPS) is 11.4. The lowest BCUT2D eigenvalue weighted by Crippen LogP contribution is -2.05. The minimum atomic E-state index is -4.30. The summed E-state index contributed by atoms with van der Waals surface area (Å²) in [5.74, 6) is 0.700. The maximum atomic E-state index is 12.4. The molecular formula is C15H13F3O. The van der Waals surface area contributed by atoms with Crippen LogP contribution in [-0.2, 0) is 12.8 Å². The van der Waals surface area contributed by atoms with Crippen LogP contribution in [-0.4, -0.2) is 0 Å². The molecule has 19 heavy (non-hydrogen) atoms. The van der Waals surface area contributed by atoms with E-state index in [1.54, 1.807) is 0 Å². The first-order valence-electron chi connectivity index (χ1n) is 5.81. The van der Waals surface area contributed by atoms with Crippen molar-refractivity contribution in [3.05, 3.63) is 65.2 Å². The standard InChI is InChI=1S/C15H13F3O/c1-11-2-8-14(9-3-11)19-10-12-4-6-13(7-5-12)15(16,17)18/h2-9H,10H2,1H3. The maximum Gasteiger partial charge on any atom is 0.416 e. The number of rotatable bonds is 3. The second-order valence-corrected chi connectivity index (χ2v) is 4.30. The van der Waals surface area contributed by atoms with Crippen molar-refractivity contribution in [3.63, 3.8) is 0 Å². The Morgan fingerprint density at radius 1 is 0.895 bits per heavy atom. The van der Waals surface area contributed by atoms with E-state index in [0.717, 1.165) is 17.7 Å². The van der Waals surface area contributed by atoms with Crippen molar-refractivity contribution in [2.24, 2.45) is 0 Å². The monoisotopic (exact) mass is 266 g/mol. The molecule has 0 aliphatic carbocycles. The molecule has 0 saturated carbocycles. The minimum absolute atomic E-state index is 0.251. The molecule has 100 valence electrons. The summed E-state index contributed by atoms with van der Waals surface area (Å²) in [5.41, 5.74) is 1.18. The molecule has 0 aromatic heterocycles. The zero-order valence-electron chi connectivity index (χ0n) is 10.4. The number of alkyl halides is 3. The van der Waals surface area contributed by atoms with Gasteiger partial charge < -0.3 is 4.74 Å². The van der Waals surface area contributed by atoms with E-state index in [1.165, 1.54) is 12.1 Å². The lowest BCUT2D eigenvalue weighted by atomic mass is 10.1. The highest BCUT2D eigenvalue weighted by molar-refractivity contribution is 5.28. The van der Waals surface area contributed by atoms with Crippen LogP contribution < -0.4 is 4.74 Å². The molecule has 0 radical (unpaired) electrons. The molecule has 0 atom stereocenters. The van der Waals surface area contributed by atoms with E-state index in [2.05, 4.69) is 0 Å². The molecule has 4 heteroatoms. The van der Waals surface area contributed by atoms with E-state index in [4.69, 9.17) is 4.74 Å². The van der Waals surface area contributed by atoms with Gasteiger partial charge in [-0.05, 0) is 36.8 Å². The number of halogens is 3. The van der Waals surface area contributed by atoms with Crippen LogP contribution in [0.4, 0.5) is 13.2 Å². The Balaban J connectivity index is 1.98. The zero-order chi connectivity index (χ0) is 13.9. The summed E-state index contributed by atoms with van der Waals surface area (Å²) in [6, 6.07) is 12.5. The van der Waals surface area contributed by atoms with E-state index in [1.807, 2.05) is 31.2 Å². The molecule has 1 nitrogen and oxygen atoms in total. The quantitative estimate of drug-likeness (QED) is 0.789. The van der Waals surface area contributed by atoms with Crippen molar-refractivity contribution in [2.45, 2.75) is 19.7 Å². The Morgan fingerprint density at radius 3 is 2.00 bits per heavy atom. The largest absolute Gasteiger partial charge is 0.489 e. The number of hydrogen-bond acceptors (Lipinski definition) is 1. The van der Waals surface area contributed by atoms with Crippen LogP contribution in [0.2, 0.25) is 0 Å². The lowest BCUT2D eigenvalue weighted by molar-refractivity contribution is -0.137. The molecule has 0 aliphatic heterocycles. The van der Waals surface area contributed by atoms with Gasteiger partial charge in [0, 0.05) is 0 Å². The van der Waals surface area contributed by atoms with Gasteiger partial charge in [-0.3, -0.25) is 0 Å². The first-order chi connectivity index (χ1) is 8.95. The molecule has 0 heterocycles. The SMILES string of the molecule is Cc1ccc(OCc2ccc(C(F)(F)F)cc2)cc1. The zero-order valence-corrected chi connectivity index (χ0v) is 10.4. The van der Waals surface area contributed by atoms with E-state index in [-0.39, 0.29) is 6.61 Å². The van der Waals surface area contributed by atoms with Crippen LogP contribution in [0, 0.1) is 6.92 Å². The smallest absolute Gasteiger partial charge is 0.416 e. The van der Waals surface area contributed by atoms with Gasteiger partial charge >= 0.3 is 6.18 Å². The number of aryl methyl sites for hydroxylation is 1. The first-order valence-corrected chi connectivity index (χ1v) is 5.81. The van der Waals surface area contributed by atoms with E-state index < -0.39 is 11.7 Å². The molecule has 2 rings (SSSR count). The fourth-order valence-corrected chi connectivity index (χ4v) is 1.59. The van der Waals surface area contributed by atoms with Crippen molar-refractivity contribution in [2.75, 3.05) is 0 Å². The third kappa shape index (κ3) is 3.74. The summed E-state index contributed by atoms with van der Waals surface area (Å²) in [5, 5.41) is 0. The van der Waals surface area contributed by atoms with Crippen LogP contribution in [0.5, 0.6) is 5.75 Å². The average molecular weight is 266 g/mol. The highest BCUT2D eigenvalue weighted by Crippen LogP contribution is 2.29. The Hall–Kier alpha value is -1.97. The maximum absolute atomic E-state index is 12.4. The van der Waals surface area contributed by atoms with Crippen molar-refractivity contribution in [1.82, 2.24) is 0 Å². The number of hydrogen-bond donors (Lipinski definition) is 0. The van der Waals surface area contributed by atoms with Gasteiger partial charge in [0.05, 0.1) is 5.56 Å². The van der Waals surface area contributed by atoms with Gasteiger partial charge in [0.2, 0.25) is 0 Å². The molecule has 0 bridgehead atoms. The van der Waals surface area contributed by atoms with Crippen LogP contribution in [0.1, 0.15) is 16.7 Å². The van der Waals surface area contributed by atoms with Crippen molar-refractivity contribution >= 4 is 0 Å². The average Bonchev–Trinajstić information content (AvgIpc) is 2.37. The third-order valence-corrected chi connectivity index (χ3v) is 2.71. The van der Waals surface area contributed by atoms with E-state index >= 15 is 0 Å². The summed E-state index contributed by atoms with van der Waals surface area (Å²) in [7, 11) is 0. The van der Waals surface area contributed by atoms with Gasteiger partial charge in [0.1, 0.15) is 12.4 Å². The fraction of sp³-hybridized carbons (Fsp3) is 0.200. The molecular weight excluding hydrogens is 253 g/mol. The predicted molar refractivity (Wildman–Crippen MR) is 67.0 cm³/mol. The van der Waals surface area contributed by atoms with Gasteiger partial charge in [0.25, 0.3) is 0 Å². The van der Waals surface area contributed by atoms with Gasteiger partial charge in [-0.1, -0.05) is 29.8 Å². The second kappa shape index (κ2) is 5.34. The summed E-state index contributed by atoms with van der Waals surface area (Å²) >= 11 is 0. The molecule has 0 fully saturated rings. The number of ether oxygens (including phenoxy) is 1. The highest BCUT2D eigenvalue weighted by atomic mass is 19.4. The highest BCUT2D eigenvalue weighted by Gasteiger charge is 2.29. The van der Waals surface area contributed by atoms with Gasteiger partial charge in [-0.25, -0.2) is 0 Å².